The maximum atomic E-state index is 13.5. The Bertz CT molecular complexity index is 1510. The number of fused-ring (bicyclic) bond motifs is 1. The van der Waals surface area contributed by atoms with Crippen molar-refractivity contribution in [2.75, 3.05) is 13.1 Å². The number of halogens is 4. The number of aliphatic carboxylic acids is 1. The number of rotatable bonds is 4. The Morgan fingerprint density at radius 3 is 2.63 bits per heavy atom. The average Bonchev–Trinajstić information content (AvgIpc) is 3.42. The Kier molecular flexibility index (Phi) is 6.77. The molecule has 3 heterocycles. The quantitative estimate of drug-likeness (QED) is 0.398. The molecule has 7 nitrogen and oxygen atoms in total. The van der Waals surface area contributed by atoms with Gasteiger partial charge in [0.05, 0.1) is 34.1 Å². The average molecular weight is 563 g/mol. The molecule has 3 aromatic rings. The van der Waals surface area contributed by atoms with Crippen molar-refractivity contribution in [2.24, 2.45) is 10.4 Å². The van der Waals surface area contributed by atoms with Gasteiger partial charge in [0.1, 0.15) is 0 Å². The van der Waals surface area contributed by atoms with Crippen LogP contribution in [0.25, 0.3) is 17.0 Å². The molecule has 198 valence electrons. The fourth-order valence-electron chi connectivity index (χ4n) is 4.52. The molecule has 1 amide bonds. The Labute approximate surface area is 225 Å². The first-order valence-corrected chi connectivity index (χ1v) is 12.9. The third kappa shape index (κ3) is 5.17. The van der Waals surface area contributed by atoms with Crippen molar-refractivity contribution in [3.8, 4) is 0 Å². The van der Waals surface area contributed by atoms with E-state index in [1.54, 1.807) is 31.3 Å². The number of nitrogens with zero attached hydrogens (tertiary/aromatic N) is 4. The van der Waals surface area contributed by atoms with Gasteiger partial charge >= 0.3 is 12.1 Å². The molecule has 0 saturated carbocycles. The minimum absolute atomic E-state index is 0.00886. The number of benzene rings is 2. The van der Waals surface area contributed by atoms with E-state index in [2.05, 4.69) is 10.1 Å². The van der Waals surface area contributed by atoms with Gasteiger partial charge in [0.25, 0.3) is 5.91 Å². The number of aliphatic imine (C=N–C) groups is 1. The van der Waals surface area contributed by atoms with E-state index in [-0.39, 0.29) is 23.0 Å². The topological polar surface area (TPSA) is 87.8 Å². The first kappa shape index (κ1) is 26.3. The lowest BCUT2D eigenvalue weighted by molar-refractivity contribution is -0.150. The van der Waals surface area contributed by atoms with E-state index < -0.39 is 23.1 Å². The van der Waals surface area contributed by atoms with Crippen LogP contribution in [-0.2, 0) is 22.3 Å². The maximum absolute atomic E-state index is 13.5. The molecule has 1 aromatic heterocycles. The molecule has 1 N–H and O–H groups in total. The lowest BCUT2D eigenvalue weighted by atomic mass is 9.81. The second-order valence-electron chi connectivity index (χ2n) is 9.58. The molecule has 1 saturated heterocycles. The van der Waals surface area contributed by atoms with Crippen molar-refractivity contribution in [1.82, 2.24) is 14.7 Å². The summed E-state index contributed by atoms with van der Waals surface area (Å²) in [6, 6.07) is 9.01. The molecule has 0 radical (unpaired) electrons. The fraction of sp³-hybridized carbons (Fsp3) is 0.308. The van der Waals surface area contributed by atoms with Crippen molar-refractivity contribution < 1.29 is 27.9 Å². The highest BCUT2D eigenvalue weighted by Gasteiger charge is 2.39. The van der Waals surface area contributed by atoms with Gasteiger partial charge in [-0.2, -0.15) is 23.3 Å². The van der Waals surface area contributed by atoms with Crippen LogP contribution in [0.5, 0.6) is 0 Å². The highest BCUT2D eigenvalue weighted by atomic mass is 35.5. The number of carboxylic acids is 1. The third-order valence-electron chi connectivity index (χ3n) is 6.92. The van der Waals surface area contributed by atoms with Gasteiger partial charge in [0.15, 0.2) is 5.17 Å². The second-order valence-corrected chi connectivity index (χ2v) is 11.0. The number of alkyl halides is 3. The summed E-state index contributed by atoms with van der Waals surface area (Å²) in [5.41, 5.74) is -0.151. The van der Waals surface area contributed by atoms with E-state index in [1.165, 1.54) is 28.6 Å². The molecule has 0 spiro atoms. The zero-order chi connectivity index (χ0) is 27.2. The standard InChI is InChI=1S/C26H22ClF3N4O3S/c1-25(23(36)37)6-8-33(9-7-25)24-32-22(35)21(38-24)11-15-2-5-20-17(10-15)13-31-34(20)14-16-3-4-18(27)12-19(16)26(28,29)30/h2-5,10-13H,6-9,14H2,1H3,(H,36,37)/b21-11-. The number of thioether (sulfide) groups is 1. The molecule has 2 aliphatic heterocycles. The van der Waals surface area contributed by atoms with Crippen LogP contribution in [0, 0.1) is 5.41 Å². The van der Waals surface area contributed by atoms with Crippen LogP contribution >= 0.6 is 23.4 Å². The molecule has 1 fully saturated rings. The number of carboxylic acid groups (broad SMARTS) is 1. The lowest BCUT2D eigenvalue weighted by Gasteiger charge is -2.36. The van der Waals surface area contributed by atoms with E-state index in [9.17, 15) is 27.9 Å². The summed E-state index contributed by atoms with van der Waals surface area (Å²) in [6.45, 7) is 2.65. The van der Waals surface area contributed by atoms with Crippen LogP contribution in [0.4, 0.5) is 13.2 Å². The summed E-state index contributed by atoms with van der Waals surface area (Å²) in [6.07, 6.45) is -0.322. The molecule has 2 aromatic carbocycles. The highest BCUT2D eigenvalue weighted by molar-refractivity contribution is 8.18. The number of likely N-dealkylation sites (tertiary alicyclic amines) is 1. The van der Waals surface area contributed by atoms with Gasteiger partial charge in [-0.25, -0.2) is 0 Å². The van der Waals surface area contributed by atoms with Crippen LogP contribution in [0.2, 0.25) is 5.02 Å². The minimum Gasteiger partial charge on any atom is -0.481 e. The van der Waals surface area contributed by atoms with Gasteiger partial charge in [0.2, 0.25) is 0 Å². The Hall–Kier alpha value is -3.31. The van der Waals surface area contributed by atoms with E-state index in [0.29, 0.717) is 46.9 Å². The molecular formula is C26H22ClF3N4O3S. The number of hydrogen-bond acceptors (Lipinski definition) is 5. The summed E-state index contributed by atoms with van der Waals surface area (Å²) in [4.78, 5) is 30.6. The van der Waals surface area contributed by atoms with Crippen molar-refractivity contribution in [3.05, 3.63) is 69.2 Å². The zero-order valence-corrected chi connectivity index (χ0v) is 21.7. The van der Waals surface area contributed by atoms with Gasteiger partial charge in [-0.3, -0.25) is 14.3 Å². The van der Waals surface area contributed by atoms with Crippen LogP contribution in [0.15, 0.2) is 52.5 Å². The van der Waals surface area contributed by atoms with Gasteiger partial charge < -0.3 is 10.0 Å². The Morgan fingerprint density at radius 1 is 1.21 bits per heavy atom. The lowest BCUT2D eigenvalue weighted by Crippen LogP contribution is -2.44. The molecule has 12 heteroatoms. The minimum atomic E-state index is -4.54. The number of amides is 1. The zero-order valence-electron chi connectivity index (χ0n) is 20.1. The number of amidine groups is 1. The highest BCUT2D eigenvalue weighted by Crippen LogP contribution is 2.37. The van der Waals surface area contributed by atoms with Crippen LogP contribution in [-0.4, -0.2) is 49.9 Å². The molecule has 0 aliphatic carbocycles. The summed E-state index contributed by atoms with van der Waals surface area (Å²) >= 11 is 7.04. The Morgan fingerprint density at radius 2 is 1.95 bits per heavy atom. The van der Waals surface area contributed by atoms with E-state index >= 15 is 0 Å². The van der Waals surface area contributed by atoms with Crippen LogP contribution < -0.4 is 0 Å². The molecule has 38 heavy (non-hydrogen) atoms. The summed E-state index contributed by atoms with van der Waals surface area (Å²) in [5, 5.41) is 15.0. The number of carbonyl (C=O) groups is 2. The first-order valence-electron chi connectivity index (χ1n) is 11.8. The summed E-state index contributed by atoms with van der Waals surface area (Å²) in [7, 11) is 0. The maximum Gasteiger partial charge on any atom is 0.416 e. The number of piperidine rings is 1. The Balaban J connectivity index is 1.32. The molecule has 2 aliphatic rings. The van der Waals surface area contributed by atoms with E-state index in [1.807, 2.05) is 11.0 Å². The van der Waals surface area contributed by atoms with E-state index in [4.69, 9.17) is 11.6 Å². The summed E-state index contributed by atoms with van der Waals surface area (Å²) in [5.74, 6) is -1.18. The number of aromatic nitrogens is 2. The number of hydrogen-bond donors (Lipinski definition) is 1. The smallest absolute Gasteiger partial charge is 0.416 e. The fourth-order valence-corrected chi connectivity index (χ4v) is 5.66. The van der Waals surface area contributed by atoms with Gasteiger partial charge in [-0.05, 0) is 73.0 Å². The normalized spacial score (nSPS) is 18.9. The monoisotopic (exact) mass is 562 g/mol. The van der Waals surface area contributed by atoms with Crippen molar-refractivity contribution >= 4 is 57.4 Å². The van der Waals surface area contributed by atoms with Gasteiger partial charge in [-0.15, -0.1) is 0 Å². The van der Waals surface area contributed by atoms with E-state index in [0.717, 1.165) is 11.6 Å². The predicted molar refractivity (Wildman–Crippen MR) is 140 cm³/mol. The van der Waals surface area contributed by atoms with Gasteiger partial charge in [0, 0.05) is 23.5 Å². The van der Waals surface area contributed by atoms with Gasteiger partial charge in [-0.1, -0.05) is 23.7 Å². The largest absolute Gasteiger partial charge is 0.481 e. The second kappa shape index (κ2) is 9.77. The molecular weight excluding hydrogens is 541 g/mol. The molecule has 0 atom stereocenters. The van der Waals surface area contributed by atoms with Crippen LogP contribution in [0.3, 0.4) is 0 Å². The van der Waals surface area contributed by atoms with Crippen molar-refractivity contribution in [2.45, 2.75) is 32.5 Å². The third-order valence-corrected chi connectivity index (χ3v) is 8.20. The van der Waals surface area contributed by atoms with Crippen LogP contribution in [0.1, 0.15) is 36.5 Å². The molecule has 0 unspecified atom stereocenters. The molecule has 0 bridgehead atoms. The predicted octanol–water partition coefficient (Wildman–Crippen LogP) is 5.91. The summed E-state index contributed by atoms with van der Waals surface area (Å²) < 4.78 is 42.0. The SMILES string of the molecule is CC1(C(=O)O)CCN(C2=NC(=O)/C(=C/c3ccc4c(cnn4Cc4ccc(Cl)cc4C(F)(F)F)c3)S2)CC1. The van der Waals surface area contributed by atoms with Crippen molar-refractivity contribution in [1.29, 1.82) is 0 Å². The first-order chi connectivity index (χ1) is 17.9. The van der Waals surface area contributed by atoms with Crippen molar-refractivity contribution in [3.63, 3.8) is 0 Å². The molecule has 5 rings (SSSR count). The number of carbonyl (C=O) groups excluding carboxylic acids is 1.